The number of hydrogen-bond donors (Lipinski definition) is 4. The summed E-state index contributed by atoms with van der Waals surface area (Å²) in [5.74, 6) is 2.13. The Kier molecular flexibility index (Phi) is 9.96. The SMILES string of the molecule is C/C=C(\C=C1\N=C(C(=N)C=N)C=NC1C)N(CC1CC1)c1cc(OC)cc(OC)c1.NCO. The predicted molar refractivity (Wildman–Crippen MR) is 135 cm³/mol. The second-order valence-electron chi connectivity index (χ2n) is 7.60. The van der Waals surface area contributed by atoms with Crippen molar-refractivity contribution in [2.75, 3.05) is 32.4 Å². The average Bonchev–Trinajstić information content (AvgIpc) is 3.66. The third-order valence-corrected chi connectivity index (χ3v) is 5.21. The van der Waals surface area contributed by atoms with Gasteiger partial charge in [-0.1, -0.05) is 6.08 Å². The van der Waals surface area contributed by atoms with Gasteiger partial charge in [-0.15, -0.1) is 0 Å². The maximum Gasteiger partial charge on any atom is 0.124 e. The van der Waals surface area contributed by atoms with Crippen molar-refractivity contribution in [1.29, 1.82) is 10.8 Å². The minimum atomic E-state index is -0.250. The molecule has 1 atom stereocenters. The molecule has 0 saturated heterocycles. The van der Waals surface area contributed by atoms with Crippen LogP contribution in [-0.2, 0) is 0 Å². The number of nitrogens with zero attached hydrogens (tertiary/aromatic N) is 3. The van der Waals surface area contributed by atoms with Crippen LogP contribution >= 0.6 is 0 Å². The van der Waals surface area contributed by atoms with Crippen LogP contribution in [0, 0.1) is 16.7 Å². The predicted octanol–water partition coefficient (Wildman–Crippen LogP) is 3.19. The average molecular weight is 455 g/mol. The van der Waals surface area contributed by atoms with E-state index in [0.29, 0.717) is 11.6 Å². The highest BCUT2D eigenvalue weighted by molar-refractivity contribution is 6.74. The van der Waals surface area contributed by atoms with Crippen LogP contribution in [0.3, 0.4) is 0 Å². The number of hydrogen-bond acceptors (Lipinski definition) is 9. The summed E-state index contributed by atoms with van der Waals surface area (Å²) in [4.78, 5) is 11.3. The molecule has 178 valence electrons. The van der Waals surface area contributed by atoms with Gasteiger partial charge >= 0.3 is 0 Å². The number of nitrogens with one attached hydrogen (secondary N) is 2. The lowest BCUT2D eigenvalue weighted by molar-refractivity contribution is 0.307. The third kappa shape index (κ3) is 7.37. The van der Waals surface area contributed by atoms with Crippen molar-refractivity contribution in [3.8, 4) is 11.5 Å². The molecule has 1 aliphatic heterocycles. The van der Waals surface area contributed by atoms with Gasteiger partial charge in [-0.05, 0) is 38.7 Å². The van der Waals surface area contributed by atoms with Gasteiger partial charge in [-0.3, -0.25) is 10.4 Å². The minimum Gasteiger partial charge on any atom is -0.497 e. The number of nitrogens with two attached hydrogens (primary N) is 1. The molecule has 1 aromatic rings. The lowest BCUT2D eigenvalue weighted by Crippen LogP contribution is -2.26. The molecule has 1 fully saturated rings. The number of allylic oxidation sites excluding steroid dienone is 2. The molecule has 0 bridgehead atoms. The molecule has 3 rings (SSSR count). The van der Waals surface area contributed by atoms with Gasteiger partial charge in [0.1, 0.15) is 17.2 Å². The van der Waals surface area contributed by atoms with Crippen LogP contribution in [0.15, 0.2) is 51.7 Å². The Morgan fingerprint density at radius 3 is 2.33 bits per heavy atom. The highest BCUT2D eigenvalue weighted by Gasteiger charge is 2.27. The summed E-state index contributed by atoms with van der Waals surface area (Å²) in [6, 6.07) is 5.76. The Morgan fingerprint density at radius 1 is 1.24 bits per heavy atom. The molecule has 9 nitrogen and oxygen atoms in total. The zero-order chi connectivity index (χ0) is 24.4. The van der Waals surface area contributed by atoms with Crippen LogP contribution in [0.5, 0.6) is 11.5 Å². The molecule has 1 heterocycles. The van der Waals surface area contributed by atoms with Crippen LogP contribution in [0.2, 0.25) is 0 Å². The number of aliphatic hydroxyl groups is 1. The minimum absolute atomic E-state index is 0.0472. The number of benzene rings is 1. The fourth-order valence-electron chi connectivity index (χ4n) is 3.21. The molecular weight excluding hydrogens is 420 g/mol. The van der Waals surface area contributed by atoms with Crippen molar-refractivity contribution in [1.82, 2.24) is 0 Å². The Hall–Kier alpha value is -3.30. The number of rotatable bonds is 9. The molecule has 1 saturated carbocycles. The maximum absolute atomic E-state index is 7.88. The van der Waals surface area contributed by atoms with Crippen molar-refractivity contribution in [3.05, 3.63) is 41.7 Å². The van der Waals surface area contributed by atoms with E-state index in [9.17, 15) is 0 Å². The van der Waals surface area contributed by atoms with Gasteiger partial charge in [0, 0.05) is 48.6 Å². The normalized spacial score (nSPS) is 18.7. The van der Waals surface area contributed by atoms with Gasteiger partial charge in [0.2, 0.25) is 0 Å². The van der Waals surface area contributed by atoms with Crippen LogP contribution < -0.4 is 20.1 Å². The number of methoxy groups -OCH3 is 2. The van der Waals surface area contributed by atoms with Gasteiger partial charge in [0.25, 0.3) is 0 Å². The molecule has 0 spiro atoms. The van der Waals surface area contributed by atoms with Gasteiger partial charge in [-0.25, -0.2) is 4.99 Å². The zero-order valence-corrected chi connectivity index (χ0v) is 19.7. The molecule has 1 aromatic carbocycles. The van der Waals surface area contributed by atoms with E-state index in [4.69, 9.17) is 25.4 Å². The first-order chi connectivity index (χ1) is 15.9. The number of ether oxygens (including phenoxy) is 2. The van der Waals surface area contributed by atoms with E-state index in [-0.39, 0.29) is 18.5 Å². The topological polar surface area (TPSA) is 140 Å². The first-order valence-electron chi connectivity index (χ1n) is 10.8. The van der Waals surface area contributed by atoms with Crippen molar-refractivity contribution < 1.29 is 14.6 Å². The summed E-state index contributed by atoms with van der Waals surface area (Å²) in [7, 11) is 3.30. The molecule has 1 aliphatic carbocycles. The number of aliphatic hydroxyl groups excluding tert-OH is 1. The van der Waals surface area contributed by atoms with E-state index in [0.717, 1.165) is 41.3 Å². The fourth-order valence-corrected chi connectivity index (χ4v) is 3.21. The van der Waals surface area contributed by atoms with Gasteiger partial charge < -0.3 is 30.6 Å². The quantitative estimate of drug-likeness (QED) is 0.335. The highest BCUT2D eigenvalue weighted by Crippen LogP contribution is 2.36. The molecule has 1 unspecified atom stereocenters. The molecule has 0 amide bonds. The van der Waals surface area contributed by atoms with Crippen LogP contribution in [0.25, 0.3) is 0 Å². The fraction of sp³-hybridized carbons (Fsp3) is 0.417. The Morgan fingerprint density at radius 2 is 1.85 bits per heavy atom. The lowest BCUT2D eigenvalue weighted by atomic mass is 10.1. The van der Waals surface area contributed by atoms with Gasteiger partial charge in [0.15, 0.2) is 0 Å². The summed E-state index contributed by atoms with van der Waals surface area (Å²) in [5.41, 5.74) is 7.61. The van der Waals surface area contributed by atoms with Crippen LogP contribution in [0.1, 0.15) is 26.7 Å². The molecule has 33 heavy (non-hydrogen) atoms. The Bertz CT molecular complexity index is 941. The molecule has 9 heteroatoms. The zero-order valence-electron chi connectivity index (χ0n) is 19.7. The Balaban J connectivity index is 0.00000122. The van der Waals surface area contributed by atoms with E-state index >= 15 is 0 Å². The second-order valence-corrected chi connectivity index (χ2v) is 7.60. The van der Waals surface area contributed by atoms with Gasteiger partial charge in [-0.2, -0.15) is 0 Å². The van der Waals surface area contributed by atoms with E-state index < -0.39 is 0 Å². The van der Waals surface area contributed by atoms with Crippen LogP contribution in [0.4, 0.5) is 5.69 Å². The molecular formula is C24H34N6O3. The lowest BCUT2D eigenvalue weighted by Gasteiger charge is -2.28. The summed E-state index contributed by atoms with van der Waals surface area (Å²) in [5, 5.41) is 22.6. The molecule has 2 aliphatic rings. The Labute approximate surface area is 195 Å². The van der Waals surface area contributed by atoms with E-state index in [2.05, 4.69) is 26.7 Å². The summed E-state index contributed by atoms with van der Waals surface area (Å²) < 4.78 is 10.9. The molecule has 0 radical (unpaired) electrons. The molecule has 0 aromatic heterocycles. The van der Waals surface area contributed by atoms with Crippen molar-refractivity contribution in [2.24, 2.45) is 21.6 Å². The van der Waals surface area contributed by atoms with Crippen molar-refractivity contribution >= 4 is 29.5 Å². The smallest absolute Gasteiger partial charge is 0.124 e. The largest absolute Gasteiger partial charge is 0.497 e. The summed E-state index contributed by atoms with van der Waals surface area (Å²) >= 11 is 0. The summed E-state index contributed by atoms with van der Waals surface area (Å²) in [6.45, 7) is 4.62. The number of aliphatic imine (C=N–C) groups is 2. The first kappa shape index (κ1) is 26.0. The third-order valence-electron chi connectivity index (χ3n) is 5.21. The van der Waals surface area contributed by atoms with Gasteiger partial charge in [0.05, 0.1) is 38.4 Å². The molecule has 5 N–H and O–H groups in total. The van der Waals surface area contributed by atoms with Crippen molar-refractivity contribution in [3.63, 3.8) is 0 Å². The monoisotopic (exact) mass is 454 g/mol. The summed E-state index contributed by atoms with van der Waals surface area (Å²) in [6.07, 6.45) is 9.09. The standard InChI is InChI=1S/C23H29N5O2.CH5NO/c1-5-17(10-22-15(2)26-13-23(27-22)21(25)12-24)28(14-16-6-7-16)18-8-19(29-3)11-20(9-18)30-4;2-1-3/h5,8-13,15-16,24-25H,6-7,14H2,1-4H3;3H,1-2H2/b17-5+,22-10+,24-12?,25-21?;. The van der Waals surface area contributed by atoms with E-state index in [1.54, 1.807) is 20.4 Å². The number of anilines is 1. The first-order valence-corrected chi connectivity index (χ1v) is 10.8. The highest BCUT2D eigenvalue weighted by atomic mass is 16.5. The maximum atomic E-state index is 7.88. The van der Waals surface area contributed by atoms with E-state index in [1.165, 1.54) is 12.8 Å². The van der Waals surface area contributed by atoms with Crippen molar-refractivity contribution in [2.45, 2.75) is 32.7 Å². The van der Waals surface area contributed by atoms with E-state index in [1.807, 2.05) is 38.1 Å². The second kappa shape index (κ2) is 12.7. The van der Waals surface area contributed by atoms with Crippen LogP contribution in [-0.4, -0.2) is 62.5 Å².